The second-order valence-corrected chi connectivity index (χ2v) is 8.95. The average Bonchev–Trinajstić information content (AvgIpc) is 3.02. The van der Waals surface area contributed by atoms with Crippen LogP contribution in [0.1, 0.15) is 63.9 Å². The van der Waals surface area contributed by atoms with E-state index in [0.717, 1.165) is 32.1 Å². The van der Waals surface area contributed by atoms with Crippen molar-refractivity contribution in [3.8, 4) is 0 Å². The van der Waals surface area contributed by atoms with Gasteiger partial charge in [0.15, 0.2) is 0 Å². The predicted octanol–water partition coefficient (Wildman–Crippen LogP) is 4.92. The molecule has 0 aromatic heterocycles. The molecule has 1 heterocycles. The Hall–Kier alpha value is -2.28. The van der Waals surface area contributed by atoms with Gasteiger partial charge in [0, 0.05) is 19.4 Å². The quantitative estimate of drug-likeness (QED) is 0.241. The maximum Gasteiger partial charge on any atom is 0.327 e. The van der Waals surface area contributed by atoms with E-state index < -0.39 is 30.4 Å². The van der Waals surface area contributed by atoms with Crippen LogP contribution in [0.5, 0.6) is 0 Å². The van der Waals surface area contributed by atoms with Crippen LogP contribution in [0, 0.1) is 5.92 Å². The van der Waals surface area contributed by atoms with Crippen molar-refractivity contribution in [3.05, 3.63) is 48.0 Å². The maximum atomic E-state index is 14.1. The number of benzene rings is 1. The number of halogens is 2. The Morgan fingerprint density at radius 1 is 1.21 bits per heavy atom. The van der Waals surface area contributed by atoms with Crippen molar-refractivity contribution in [3.63, 3.8) is 0 Å². The molecule has 0 saturated carbocycles. The van der Waals surface area contributed by atoms with E-state index in [1.165, 1.54) is 17.6 Å². The number of esters is 1. The summed E-state index contributed by atoms with van der Waals surface area (Å²) in [6.45, 7) is 2.19. The Morgan fingerprint density at radius 3 is 2.61 bits per heavy atom. The Labute approximate surface area is 195 Å². The zero-order chi connectivity index (χ0) is 24.3. The fourth-order valence-corrected chi connectivity index (χ4v) is 4.14. The van der Waals surface area contributed by atoms with E-state index in [-0.39, 0.29) is 18.4 Å². The molecule has 1 aliphatic heterocycles. The number of ether oxygens (including phenoxy) is 1. The Kier molecular flexibility index (Phi) is 11.0. The molecule has 1 aromatic carbocycles. The second kappa shape index (κ2) is 13.4. The highest BCUT2D eigenvalue weighted by Crippen LogP contribution is 2.34. The number of aliphatic hydroxyl groups excluding tert-OH is 1. The molecule has 1 saturated heterocycles. The summed E-state index contributed by atoms with van der Waals surface area (Å²) < 4.78 is 32.7. The Morgan fingerprint density at radius 2 is 1.91 bits per heavy atom. The van der Waals surface area contributed by atoms with Crippen LogP contribution in [0.15, 0.2) is 42.5 Å². The molecule has 1 N–H and O–H groups in total. The highest BCUT2D eigenvalue weighted by atomic mass is 19.3. The van der Waals surface area contributed by atoms with Crippen molar-refractivity contribution in [2.75, 3.05) is 13.7 Å². The number of carbonyl (C=O) groups is 2. The highest BCUT2D eigenvalue weighted by molar-refractivity contribution is 5.86. The van der Waals surface area contributed by atoms with Gasteiger partial charge in [0.05, 0.1) is 19.3 Å². The molecule has 0 bridgehead atoms. The maximum absolute atomic E-state index is 14.1. The molecule has 0 unspecified atom stereocenters. The van der Waals surface area contributed by atoms with Gasteiger partial charge in [-0.3, -0.25) is 9.59 Å². The first-order valence-corrected chi connectivity index (χ1v) is 11.9. The first kappa shape index (κ1) is 27.0. The lowest BCUT2D eigenvalue weighted by atomic mass is 9.95. The zero-order valence-electron chi connectivity index (χ0n) is 19.7. The van der Waals surface area contributed by atoms with E-state index in [4.69, 9.17) is 0 Å². The molecule has 0 aliphatic carbocycles. The molecule has 2 rings (SSSR count). The molecule has 1 aliphatic rings. The van der Waals surface area contributed by atoms with Crippen LogP contribution in [0.25, 0.3) is 0 Å². The molecular formula is C26H37F2NO4. The number of nitrogens with zero attached hydrogens (tertiary/aromatic N) is 1. The Balaban J connectivity index is 1.79. The molecule has 0 spiro atoms. The SMILES string of the molecule is COC(=O)CCCCCCN1C(=O)C(F)(F)C[C@@H]1/C=C/[C@H](O)[C@@H](C)CCCc1ccccc1. The van der Waals surface area contributed by atoms with Crippen molar-refractivity contribution < 1.29 is 28.2 Å². The van der Waals surface area contributed by atoms with E-state index in [1.807, 2.05) is 25.1 Å². The third-order valence-electron chi connectivity index (χ3n) is 6.28. The summed E-state index contributed by atoms with van der Waals surface area (Å²) in [7, 11) is 1.34. The van der Waals surface area contributed by atoms with E-state index in [1.54, 1.807) is 12.2 Å². The van der Waals surface area contributed by atoms with Crippen molar-refractivity contribution in [2.45, 2.75) is 82.8 Å². The van der Waals surface area contributed by atoms with Gasteiger partial charge in [-0.05, 0) is 43.6 Å². The first-order chi connectivity index (χ1) is 15.7. The molecule has 1 fully saturated rings. The molecule has 5 nitrogen and oxygen atoms in total. The van der Waals surface area contributed by atoms with Gasteiger partial charge in [-0.2, -0.15) is 8.78 Å². The lowest BCUT2D eigenvalue weighted by molar-refractivity contribution is -0.148. The van der Waals surface area contributed by atoms with Gasteiger partial charge in [-0.15, -0.1) is 0 Å². The number of methoxy groups -OCH3 is 1. The van der Waals surface area contributed by atoms with Crippen molar-refractivity contribution >= 4 is 11.9 Å². The summed E-state index contributed by atoms with van der Waals surface area (Å²) in [6.07, 6.45) is 7.61. The van der Waals surface area contributed by atoms with Crippen molar-refractivity contribution in [1.29, 1.82) is 0 Å². The van der Waals surface area contributed by atoms with E-state index in [0.29, 0.717) is 19.3 Å². The summed E-state index contributed by atoms with van der Waals surface area (Å²) in [4.78, 5) is 24.5. The predicted molar refractivity (Wildman–Crippen MR) is 124 cm³/mol. The fourth-order valence-electron chi connectivity index (χ4n) is 4.14. The van der Waals surface area contributed by atoms with Gasteiger partial charge >= 0.3 is 11.9 Å². The van der Waals surface area contributed by atoms with Crippen LogP contribution in [0.2, 0.25) is 0 Å². The molecule has 7 heteroatoms. The highest BCUT2D eigenvalue weighted by Gasteiger charge is 2.52. The summed E-state index contributed by atoms with van der Waals surface area (Å²) in [5.41, 5.74) is 1.25. The monoisotopic (exact) mass is 465 g/mol. The number of alkyl halides is 2. The summed E-state index contributed by atoms with van der Waals surface area (Å²) in [5, 5.41) is 10.5. The number of rotatable bonds is 14. The zero-order valence-corrected chi connectivity index (χ0v) is 19.7. The third kappa shape index (κ3) is 8.88. The van der Waals surface area contributed by atoms with Crippen LogP contribution < -0.4 is 0 Å². The number of aliphatic hydroxyl groups is 1. The molecule has 184 valence electrons. The first-order valence-electron chi connectivity index (χ1n) is 11.9. The van der Waals surface area contributed by atoms with Crippen LogP contribution in [-0.4, -0.2) is 53.6 Å². The van der Waals surface area contributed by atoms with Crippen LogP contribution in [0.4, 0.5) is 8.78 Å². The fraction of sp³-hybridized carbons (Fsp3) is 0.615. The van der Waals surface area contributed by atoms with Crippen molar-refractivity contribution in [2.24, 2.45) is 5.92 Å². The van der Waals surface area contributed by atoms with Crippen LogP contribution >= 0.6 is 0 Å². The van der Waals surface area contributed by atoms with Gasteiger partial charge in [0.25, 0.3) is 5.91 Å². The summed E-state index contributed by atoms with van der Waals surface area (Å²) in [5.74, 6) is -4.78. The number of hydrogen-bond acceptors (Lipinski definition) is 4. The number of aryl methyl sites for hydroxylation is 1. The van der Waals surface area contributed by atoms with Gasteiger partial charge < -0.3 is 14.7 Å². The normalized spacial score (nSPS) is 19.7. The largest absolute Gasteiger partial charge is 0.469 e. The number of carbonyl (C=O) groups excluding carboxylic acids is 2. The lowest BCUT2D eigenvalue weighted by Gasteiger charge is -2.22. The molecule has 1 aromatic rings. The van der Waals surface area contributed by atoms with Crippen molar-refractivity contribution in [1.82, 2.24) is 4.90 Å². The number of unbranched alkanes of at least 4 members (excludes halogenated alkanes) is 3. The van der Waals surface area contributed by atoms with Gasteiger partial charge in [-0.25, -0.2) is 0 Å². The van der Waals surface area contributed by atoms with Gasteiger partial charge in [0.2, 0.25) is 0 Å². The molecule has 1 amide bonds. The molecule has 0 radical (unpaired) electrons. The minimum atomic E-state index is -3.37. The smallest absolute Gasteiger partial charge is 0.327 e. The number of amides is 1. The third-order valence-corrected chi connectivity index (χ3v) is 6.28. The second-order valence-electron chi connectivity index (χ2n) is 8.95. The van der Waals surface area contributed by atoms with E-state index >= 15 is 0 Å². The molecular weight excluding hydrogens is 428 g/mol. The molecule has 3 atom stereocenters. The summed E-state index contributed by atoms with van der Waals surface area (Å²) in [6, 6.07) is 9.42. The van der Waals surface area contributed by atoms with Crippen LogP contribution in [-0.2, 0) is 20.7 Å². The summed E-state index contributed by atoms with van der Waals surface area (Å²) >= 11 is 0. The lowest BCUT2D eigenvalue weighted by Crippen LogP contribution is -2.36. The van der Waals surface area contributed by atoms with Gasteiger partial charge in [-0.1, -0.05) is 62.2 Å². The van der Waals surface area contributed by atoms with E-state index in [2.05, 4.69) is 16.9 Å². The molecule has 33 heavy (non-hydrogen) atoms. The minimum absolute atomic E-state index is 0.00848. The minimum Gasteiger partial charge on any atom is -0.469 e. The standard InChI is InChI=1S/C26H37F2NO4/c1-20(11-10-14-21-12-6-5-7-13-21)23(30)17-16-22-19-26(27,28)25(32)29(22)18-9-4-3-8-15-24(31)33-2/h5-7,12-13,16-17,20,22-23,30H,3-4,8-11,14-15,18-19H2,1-2H3/b17-16+/t20-,22-,23-/m0/s1. The van der Waals surface area contributed by atoms with Crippen LogP contribution in [0.3, 0.4) is 0 Å². The van der Waals surface area contributed by atoms with Gasteiger partial charge in [0.1, 0.15) is 0 Å². The Bertz CT molecular complexity index is 769. The number of likely N-dealkylation sites (tertiary alicyclic amines) is 1. The topological polar surface area (TPSA) is 66.8 Å². The van der Waals surface area contributed by atoms with E-state index in [9.17, 15) is 23.5 Å². The number of hydrogen-bond donors (Lipinski definition) is 1. The average molecular weight is 466 g/mol.